The summed E-state index contributed by atoms with van der Waals surface area (Å²) in [5, 5.41) is 11.9. The third-order valence-electron chi connectivity index (χ3n) is 5.61. The van der Waals surface area contributed by atoms with Gasteiger partial charge in [0.05, 0.1) is 5.69 Å². The van der Waals surface area contributed by atoms with Gasteiger partial charge in [-0.3, -0.25) is 10.1 Å². The molecular weight excluding hydrogens is 430 g/mol. The fourth-order valence-corrected chi connectivity index (χ4v) is 4.25. The minimum absolute atomic E-state index is 0.0772. The Morgan fingerprint density at radius 1 is 0.939 bits per heavy atom. The summed E-state index contributed by atoms with van der Waals surface area (Å²) in [6, 6.07) is 25.8. The molecule has 0 bridgehead atoms. The zero-order chi connectivity index (χ0) is 23.0. The number of hydrogen-bond acceptors (Lipinski definition) is 5. The Kier molecular flexibility index (Phi) is 7.28. The van der Waals surface area contributed by atoms with Crippen LogP contribution >= 0.6 is 11.8 Å². The highest BCUT2D eigenvalue weighted by Gasteiger charge is 2.24. The fraction of sp³-hybridized carbons (Fsp3) is 0.192. The molecule has 0 spiro atoms. The van der Waals surface area contributed by atoms with Crippen LogP contribution in [0.2, 0.25) is 0 Å². The van der Waals surface area contributed by atoms with Crippen LogP contribution in [-0.2, 0) is 0 Å². The van der Waals surface area contributed by atoms with E-state index in [4.69, 9.17) is 5.26 Å². The second-order valence-electron chi connectivity index (χ2n) is 7.57. The predicted molar refractivity (Wildman–Crippen MR) is 136 cm³/mol. The van der Waals surface area contributed by atoms with Gasteiger partial charge in [0.15, 0.2) is 11.4 Å². The molecule has 33 heavy (non-hydrogen) atoms. The van der Waals surface area contributed by atoms with Gasteiger partial charge in [-0.15, -0.1) is 0 Å². The lowest BCUT2D eigenvalue weighted by molar-refractivity contribution is 0.0747. The van der Waals surface area contributed by atoms with Gasteiger partial charge in [-0.05, 0) is 47.7 Å². The minimum Gasteiger partial charge on any atom is -0.368 e. The monoisotopic (exact) mass is 455 g/mol. The van der Waals surface area contributed by atoms with Crippen molar-refractivity contribution in [3.63, 3.8) is 0 Å². The van der Waals surface area contributed by atoms with Gasteiger partial charge in [0.25, 0.3) is 5.91 Å². The molecule has 166 valence electrons. The van der Waals surface area contributed by atoms with Crippen LogP contribution in [0, 0.1) is 11.5 Å². The van der Waals surface area contributed by atoms with Crippen LogP contribution in [0.3, 0.4) is 0 Å². The topological polar surface area (TPSA) is 71.7 Å². The van der Waals surface area contributed by atoms with Gasteiger partial charge < -0.3 is 9.80 Å². The number of aliphatic imine (C=N–C) groups is 1. The number of hydrogen-bond donors (Lipinski definition) is 1. The van der Waals surface area contributed by atoms with Crippen LogP contribution in [0.5, 0.6) is 0 Å². The number of amidine groups is 1. The molecule has 1 saturated heterocycles. The van der Waals surface area contributed by atoms with E-state index in [0.717, 1.165) is 41.2 Å². The van der Waals surface area contributed by atoms with E-state index in [0.29, 0.717) is 18.3 Å². The van der Waals surface area contributed by atoms with E-state index in [9.17, 15) is 4.79 Å². The first-order chi connectivity index (χ1) is 16.2. The van der Waals surface area contributed by atoms with Crippen molar-refractivity contribution in [2.75, 3.05) is 37.3 Å². The van der Waals surface area contributed by atoms with Gasteiger partial charge >= 0.3 is 0 Å². The maximum absolute atomic E-state index is 13.3. The molecule has 1 heterocycles. The molecule has 0 aliphatic carbocycles. The van der Waals surface area contributed by atoms with Crippen LogP contribution < -0.4 is 10.2 Å². The number of anilines is 1. The molecule has 0 radical (unpaired) electrons. The van der Waals surface area contributed by atoms with Gasteiger partial charge in [0, 0.05) is 37.4 Å². The Hall–Kier alpha value is -3.76. The fourth-order valence-electron chi connectivity index (χ4n) is 3.90. The van der Waals surface area contributed by atoms with Gasteiger partial charge in [0.2, 0.25) is 0 Å². The molecule has 0 unspecified atom stereocenters. The van der Waals surface area contributed by atoms with Crippen molar-refractivity contribution >= 4 is 34.2 Å². The maximum Gasteiger partial charge on any atom is 0.254 e. The number of nitrogens with one attached hydrogen (secondary N) is 1. The summed E-state index contributed by atoms with van der Waals surface area (Å²) in [5.41, 5.74) is 4.66. The number of piperazine rings is 1. The third kappa shape index (κ3) is 5.36. The minimum atomic E-state index is 0.0772. The van der Waals surface area contributed by atoms with Crippen molar-refractivity contribution in [1.82, 2.24) is 10.2 Å². The number of nitrogens with zero attached hydrogens (tertiary/aromatic N) is 4. The molecule has 1 fully saturated rings. The van der Waals surface area contributed by atoms with Crippen LogP contribution in [0.25, 0.3) is 11.1 Å². The Morgan fingerprint density at radius 2 is 1.61 bits per heavy atom. The van der Waals surface area contributed by atoms with E-state index in [1.165, 1.54) is 11.8 Å². The summed E-state index contributed by atoms with van der Waals surface area (Å²) in [5.74, 6) is 0.0772. The highest BCUT2D eigenvalue weighted by Crippen LogP contribution is 2.26. The summed E-state index contributed by atoms with van der Waals surface area (Å²) < 4.78 is 0. The quantitative estimate of drug-likeness (QED) is 0.266. The Bertz CT molecular complexity index is 1160. The van der Waals surface area contributed by atoms with E-state index in [1.54, 1.807) is 0 Å². The van der Waals surface area contributed by atoms with Crippen LogP contribution in [0.1, 0.15) is 10.4 Å². The largest absolute Gasteiger partial charge is 0.368 e. The normalized spacial score (nSPS) is 14.0. The van der Waals surface area contributed by atoms with Gasteiger partial charge in [-0.25, -0.2) is 4.99 Å². The first kappa shape index (κ1) is 22.4. The van der Waals surface area contributed by atoms with E-state index < -0.39 is 0 Å². The number of rotatable bonds is 4. The maximum atomic E-state index is 13.3. The Balaban J connectivity index is 1.42. The van der Waals surface area contributed by atoms with Crippen molar-refractivity contribution in [1.29, 1.82) is 5.26 Å². The molecule has 3 aromatic carbocycles. The first-order valence-electron chi connectivity index (χ1n) is 10.8. The molecule has 0 atom stereocenters. The number of thioether (sulfide) groups is 1. The summed E-state index contributed by atoms with van der Waals surface area (Å²) in [6.07, 6.45) is 3.77. The van der Waals surface area contributed by atoms with Crippen LogP contribution in [0.15, 0.2) is 83.9 Å². The SMILES string of the molecule is CSC(=Nc1ccc(N2CCN(C(=O)c3ccccc3-c3ccccc3)CC2)cc1)NC#N. The van der Waals surface area contributed by atoms with Crippen molar-refractivity contribution in [2.45, 2.75) is 0 Å². The lowest BCUT2D eigenvalue weighted by atomic mass is 9.98. The molecule has 0 saturated carbocycles. The molecule has 4 rings (SSSR count). The molecule has 3 aromatic rings. The lowest BCUT2D eigenvalue weighted by Crippen LogP contribution is -2.48. The second-order valence-corrected chi connectivity index (χ2v) is 8.36. The average Bonchev–Trinajstić information content (AvgIpc) is 2.89. The zero-order valence-electron chi connectivity index (χ0n) is 18.4. The highest BCUT2D eigenvalue weighted by atomic mass is 32.2. The van der Waals surface area contributed by atoms with Crippen molar-refractivity contribution < 1.29 is 4.79 Å². The standard InChI is InChI=1S/C26H25N5OS/c1-33-26(28-19-27)29-21-11-13-22(14-12-21)30-15-17-31(18-16-30)25(32)24-10-6-5-9-23(24)20-7-3-2-4-8-20/h2-14H,15-18H2,1H3,(H,28,29). The summed E-state index contributed by atoms with van der Waals surface area (Å²) in [6.45, 7) is 2.89. The summed E-state index contributed by atoms with van der Waals surface area (Å²) >= 11 is 1.39. The molecule has 1 aliphatic rings. The second kappa shape index (κ2) is 10.7. The number of carbonyl (C=O) groups is 1. The van der Waals surface area contributed by atoms with Gasteiger partial charge in [0.1, 0.15) is 0 Å². The van der Waals surface area contributed by atoms with E-state index in [-0.39, 0.29) is 5.91 Å². The van der Waals surface area contributed by atoms with Crippen molar-refractivity contribution in [3.8, 4) is 17.3 Å². The summed E-state index contributed by atoms with van der Waals surface area (Å²) in [7, 11) is 0. The number of amides is 1. The number of benzene rings is 3. The molecule has 1 N–H and O–H groups in total. The van der Waals surface area contributed by atoms with E-state index in [2.05, 4.69) is 15.2 Å². The molecule has 0 aromatic heterocycles. The zero-order valence-corrected chi connectivity index (χ0v) is 19.3. The smallest absolute Gasteiger partial charge is 0.254 e. The molecule has 1 aliphatic heterocycles. The average molecular weight is 456 g/mol. The first-order valence-corrected chi connectivity index (χ1v) is 12.0. The van der Waals surface area contributed by atoms with Crippen molar-refractivity contribution in [2.24, 2.45) is 4.99 Å². The molecule has 7 heteroatoms. The number of carbonyl (C=O) groups excluding carboxylic acids is 1. The highest BCUT2D eigenvalue weighted by molar-refractivity contribution is 8.13. The van der Waals surface area contributed by atoms with Gasteiger partial charge in [-0.1, -0.05) is 60.3 Å². The Labute approximate surface area is 198 Å². The number of nitriles is 1. The predicted octanol–water partition coefficient (Wildman–Crippen LogP) is 4.74. The van der Waals surface area contributed by atoms with Crippen LogP contribution in [0.4, 0.5) is 11.4 Å². The van der Waals surface area contributed by atoms with Gasteiger partial charge in [-0.2, -0.15) is 5.26 Å². The van der Waals surface area contributed by atoms with E-state index >= 15 is 0 Å². The lowest BCUT2D eigenvalue weighted by Gasteiger charge is -2.36. The van der Waals surface area contributed by atoms with Crippen LogP contribution in [-0.4, -0.2) is 48.4 Å². The molecule has 1 amide bonds. The van der Waals surface area contributed by atoms with E-state index in [1.807, 2.05) is 96.2 Å². The molecular formula is C26H25N5OS. The van der Waals surface area contributed by atoms with Crippen molar-refractivity contribution in [3.05, 3.63) is 84.4 Å². The summed E-state index contributed by atoms with van der Waals surface area (Å²) in [4.78, 5) is 22.0. The third-order valence-corrected chi connectivity index (χ3v) is 6.19. The Morgan fingerprint density at radius 3 is 2.27 bits per heavy atom. The molecule has 6 nitrogen and oxygen atoms in total.